The van der Waals surface area contributed by atoms with Crippen molar-refractivity contribution in [2.75, 3.05) is 5.32 Å². The van der Waals surface area contributed by atoms with Gasteiger partial charge in [0, 0.05) is 5.69 Å². The van der Waals surface area contributed by atoms with E-state index < -0.39 is 0 Å². The molecule has 2 aromatic heterocycles. The standard InChI is InChI=1S/C13H9ClN6O/c14-12-6-5-11(18-19-12)13(21)17-9-1-3-10(4-2-9)20-15-7-8-16-20/h1-8H,(H,17,21). The van der Waals surface area contributed by atoms with Crippen molar-refractivity contribution in [2.24, 2.45) is 0 Å². The van der Waals surface area contributed by atoms with Crippen molar-refractivity contribution in [1.82, 2.24) is 25.2 Å². The van der Waals surface area contributed by atoms with Crippen LogP contribution in [0.2, 0.25) is 5.15 Å². The Morgan fingerprint density at radius 3 is 2.33 bits per heavy atom. The number of halogens is 1. The number of anilines is 1. The van der Waals surface area contributed by atoms with Crippen LogP contribution in [0.15, 0.2) is 48.8 Å². The first-order valence-corrected chi connectivity index (χ1v) is 6.37. The molecule has 104 valence electrons. The molecule has 1 N–H and O–H groups in total. The summed E-state index contributed by atoms with van der Waals surface area (Å²) in [5.41, 5.74) is 1.62. The smallest absolute Gasteiger partial charge is 0.276 e. The summed E-state index contributed by atoms with van der Waals surface area (Å²) in [7, 11) is 0. The number of hydrogen-bond acceptors (Lipinski definition) is 5. The lowest BCUT2D eigenvalue weighted by Gasteiger charge is -2.05. The fourth-order valence-corrected chi connectivity index (χ4v) is 1.76. The highest BCUT2D eigenvalue weighted by molar-refractivity contribution is 6.29. The van der Waals surface area contributed by atoms with E-state index in [9.17, 15) is 4.79 Å². The molecule has 1 amide bonds. The molecule has 0 bridgehead atoms. The van der Waals surface area contributed by atoms with Gasteiger partial charge in [0.15, 0.2) is 10.8 Å². The average Bonchev–Trinajstić information content (AvgIpc) is 3.03. The summed E-state index contributed by atoms with van der Waals surface area (Å²) < 4.78 is 0. The second-order valence-electron chi connectivity index (χ2n) is 4.06. The minimum atomic E-state index is -0.357. The Labute approximate surface area is 124 Å². The number of benzene rings is 1. The molecule has 3 rings (SSSR count). The van der Waals surface area contributed by atoms with E-state index in [1.807, 2.05) is 0 Å². The Morgan fingerprint density at radius 1 is 1.00 bits per heavy atom. The van der Waals surface area contributed by atoms with Crippen LogP contribution < -0.4 is 5.32 Å². The van der Waals surface area contributed by atoms with Crippen molar-refractivity contribution in [3.05, 3.63) is 59.6 Å². The highest BCUT2D eigenvalue weighted by Crippen LogP contribution is 2.13. The number of carbonyl (C=O) groups excluding carboxylic acids is 1. The van der Waals surface area contributed by atoms with E-state index in [4.69, 9.17) is 11.6 Å². The normalized spacial score (nSPS) is 10.3. The summed E-state index contributed by atoms with van der Waals surface area (Å²) in [6.45, 7) is 0. The van der Waals surface area contributed by atoms with Gasteiger partial charge >= 0.3 is 0 Å². The zero-order valence-electron chi connectivity index (χ0n) is 10.6. The molecule has 0 aliphatic carbocycles. The zero-order valence-corrected chi connectivity index (χ0v) is 11.4. The fraction of sp³-hybridized carbons (Fsp3) is 0. The van der Waals surface area contributed by atoms with Gasteiger partial charge in [0.1, 0.15) is 0 Å². The van der Waals surface area contributed by atoms with Crippen molar-refractivity contribution < 1.29 is 4.79 Å². The number of hydrogen-bond donors (Lipinski definition) is 1. The monoisotopic (exact) mass is 300 g/mol. The second kappa shape index (κ2) is 5.68. The molecule has 21 heavy (non-hydrogen) atoms. The summed E-state index contributed by atoms with van der Waals surface area (Å²) >= 11 is 5.62. The van der Waals surface area contributed by atoms with Gasteiger partial charge in [-0.05, 0) is 36.4 Å². The maximum atomic E-state index is 12.0. The number of amides is 1. The molecule has 0 saturated carbocycles. The van der Waals surface area contributed by atoms with Gasteiger partial charge in [0.05, 0.1) is 18.1 Å². The van der Waals surface area contributed by atoms with E-state index in [-0.39, 0.29) is 16.8 Å². The number of nitrogens with one attached hydrogen (secondary N) is 1. The second-order valence-corrected chi connectivity index (χ2v) is 4.45. The molecular weight excluding hydrogens is 292 g/mol. The van der Waals surface area contributed by atoms with E-state index in [2.05, 4.69) is 25.7 Å². The van der Waals surface area contributed by atoms with E-state index in [1.54, 1.807) is 36.7 Å². The van der Waals surface area contributed by atoms with Crippen molar-refractivity contribution in [2.45, 2.75) is 0 Å². The molecule has 0 aliphatic heterocycles. The highest BCUT2D eigenvalue weighted by atomic mass is 35.5. The van der Waals surface area contributed by atoms with Gasteiger partial charge in [-0.25, -0.2) is 0 Å². The Balaban J connectivity index is 1.73. The van der Waals surface area contributed by atoms with Crippen molar-refractivity contribution in [3.63, 3.8) is 0 Å². The van der Waals surface area contributed by atoms with Crippen LogP contribution in [-0.2, 0) is 0 Å². The summed E-state index contributed by atoms with van der Waals surface area (Å²) in [6, 6.07) is 10.1. The maximum Gasteiger partial charge on any atom is 0.276 e. The Bertz CT molecular complexity index is 739. The molecule has 1 aromatic carbocycles. The molecule has 0 fully saturated rings. The van der Waals surface area contributed by atoms with Gasteiger partial charge in [-0.3, -0.25) is 4.79 Å². The lowest BCUT2D eigenvalue weighted by molar-refractivity contribution is 0.102. The van der Waals surface area contributed by atoms with Crippen molar-refractivity contribution in [1.29, 1.82) is 0 Å². The molecule has 0 atom stereocenters. The molecule has 0 spiro atoms. The molecule has 0 radical (unpaired) electrons. The lowest BCUT2D eigenvalue weighted by atomic mass is 10.2. The van der Waals surface area contributed by atoms with Gasteiger partial charge in [-0.15, -0.1) is 10.2 Å². The van der Waals surface area contributed by atoms with Gasteiger partial charge < -0.3 is 5.32 Å². The molecule has 7 nitrogen and oxygen atoms in total. The van der Waals surface area contributed by atoms with E-state index in [0.29, 0.717) is 5.69 Å². The third-order valence-electron chi connectivity index (χ3n) is 2.64. The van der Waals surface area contributed by atoms with E-state index >= 15 is 0 Å². The number of nitrogens with zero attached hydrogens (tertiary/aromatic N) is 5. The van der Waals surface area contributed by atoms with Crippen molar-refractivity contribution >= 4 is 23.2 Å². The minimum Gasteiger partial charge on any atom is -0.321 e. The number of carbonyl (C=O) groups is 1. The van der Waals surface area contributed by atoms with Gasteiger partial charge in [-0.1, -0.05) is 11.6 Å². The van der Waals surface area contributed by atoms with Crippen LogP contribution in [0.1, 0.15) is 10.5 Å². The predicted octanol–water partition coefficient (Wildman–Crippen LogP) is 1.96. The van der Waals surface area contributed by atoms with Crippen LogP contribution in [0.5, 0.6) is 0 Å². The van der Waals surface area contributed by atoms with Crippen LogP contribution in [-0.4, -0.2) is 31.1 Å². The molecule has 0 saturated heterocycles. The Morgan fingerprint density at radius 2 is 1.71 bits per heavy atom. The Hall–Kier alpha value is -2.80. The molecule has 0 aliphatic rings. The number of aromatic nitrogens is 5. The molecule has 8 heteroatoms. The summed E-state index contributed by atoms with van der Waals surface area (Å²) in [5, 5.41) is 18.3. The predicted molar refractivity (Wildman–Crippen MR) is 76.4 cm³/mol. The third-order valence-corrected chi connectivity index (χ3v) is 2.84. The topological polar surface area (TPSA) is 85.6 Å². The third kappa shape index (κ3) is 3.03. The summed E-state index contributed by atoms with van der Waals surface area (Å²) in [5.74, 6) is -0.357. The van der Waals surface area contributed by atoms with Crippen LogP contribution in [0.4, 0.5) is 5.69 Å². The van der Waals surface area contributed by atoms with E-state index in [0.717, 1.165) is 5.69 Å². The SMILES string of the molecule is O=C(Nc1ccc(-n2nccn2)cc1)c1ccc(Cl)nn1. The van der Waals surface area contributed by atoms with Crippen LogP contribution in [0.3, 0.4) is 0 Å². The minimum absolute atomic E-state index is 0.192. The first kappa shape index (κ1) is 13.2. The van der Waals surface area contributed by atoms with Gasteiger partial charge in [-0.2, -0.15) is 15.0 Å². The first-order chi connectivity index (χ1) is 10.2. The first-order valence-electron chi connectivity index (χ1n) is 6.00. The molecule has 3 aromatic rings. The quantitative estimate of drug-likeness (QED) is 0.799. The summed E-state index contributed by atoms with van der Waals surface area (Å²) in [4.78, 5) is 13.4. The fourth-order valence-electron chi connectivity index (χ4n) is 1.66. The molecular formula is C13H9ClN6O. The lowest BCUT2D eigenvalue weighted by Crippen LogP contribution is -2.14. The molecule has 0 unspecified atom stereocenters. The average molecular weight is 301 g/mol. The molecule has 2 heterocycles. The maximum absolute atomic E-state index is 12.0. The largest absolute Gasteiger partial charge is 0.321 e. The highest BCUT2D eigenvalue weighted by Gasteiger charge is 2.08. The Kier molecular flexibility index (Phi) is 3.57. The van der Waals surface area contributed by atoms with Gasteiger partial charge in [0.25, 0.3) is 5.91 Å². The number of rotatable bonds is 3. The zero-order chi connectivity index (χ0) is 14.7. The van der Waals surface area contributed by atoms with Crippen LogP contribution in [0.25, 0.3) is 5.69 Å². The van der Waals surface area contributed by atoms with E-state index in [1.165, 1.54) is 16.9 Å². The van der Waals surface area contributed by atoms with Gasteiger partial charge in [0.2, 0.25) is 0 Å². The van der Waals surface area contributed by atoms with Crippen molar-refractivity contribution in [3.8, 4) is 5.69 Å². The van der Waals surface area contributed by atoms with Crippen LogP contribution in [0, 0.1) is 0 Å². The summed E-state index contributed by atoms with van der Waals surface area (Å²) in [6.07, 6.45) is 3.18. The van der Waals surface area contributed by atoms with Crippen LogP contribution >= 0.6 is 11.6 Å².